The second kappa shape index (κ2) is 10.3. The van der Waals surface area contributed by atoms with E-state index in [0.29, 0.717) is 58.7 Å². The highest BCUT2D eigenvalue weighted by molar-refractivity contribution is 7.90. The maximum absolute atomic E-state index is 13.8. The van der Waals surface area contributed by atoms with Gasteiger partial charge in [0, 0.05) is 32.4 Å². The van der Waals surface area contributed by atoms with Gasteiger partial charge in [0.05, 0.1) is 48.1 Å². The molecule has 1 saturated heterocycles. The predicted molar refractivity (Wildman–Crippen MR) is 131 cm³/mol. The summed E-state index contributed by atoms with van der Waals surface area (Å²) in [6.07, 6.45) is 1.17. The molecular formula is C23H27N3O6S2. The third-order valence-corrected chi connectivity index (χ3v) is 7.78. The van der Waals surface area contributed by atoms with Crippen LogP contribution >= 0.6 is 11.3 Å². The van der Waals surface area contributed by atoms with Crippen molar-refractivity contribution in [3.63, 3.8) is 0 Å². The lowest BCUT2D eigenvalue weighted by molar-refractivity contribution is 0.0391. The Morgan fingerprint density at radius 1 is 1.18 bits per heavy atom. The molecule has 34 heavy (non-hydrogen) atoms. The first-order valence-corrected chi connectivity index (χ1v) is 13.5. The van der Waals surface area contributed by atoms with Crippen molar-refractivity contribution < 1.29 is 27.4 Å². The van der Waals surface area contributed by atoms with Gasteiger partial charge in [-0.3, -0.25) is 14.6 Å². The lowest BCUT2D eigenvalue weighted by Crippen LogP contribution is -2.43. The standard InChI is InChI=1S/C23H27N3O6S2/c1-30-19-6-4-5-17(21(19)31-2)22(27)26(10-9-25-11-13-32-14-12-25)23-24-18-8-7-16(34(3,28)29)15-20(18)33-23/h4-8,15H,9-14H2,1-3H3. The van der Waals surface area contributed by atoms with E-state index in [0.717, 1.165) is 13.1 Å². The van der Waals surface area contributed by atoms with E-state index in [1.54, 1.807) is 35.2 Å². The first-order valence-electron chi connectivity index (χ1n) is 10.8. The third kappa shape index (κ3) is 5.17. The Bertz CT molecular complexity index is 1290. The smallest absolute Gasteiger partial charge is 0.264 e. The van der Waals surface area contributed by atoms with Crippen LogP contribution in [0.25, 0.3) is 10.2 Å². The molecule has 182 valence electrons. The maximum atomic E-state index is 13.8. The van der Waals surface area contributed by atoms with Gasteiger partial charge >= 0.3 is 0 Å². The van der Waals surface area contributed by atoms with Gasteiger partial charge in [-0.25, -0.2) is 13.4 Å². The topological polar surface area (TPSA) is 98.3 Å². The molecule has 11 heteroatoms. The fraction of sp³-hybridized carbons (Fsp3) is 0.391. The third-order valence-electron chi connectivity index (χ3n) is 5.63. The van der Waals surface area contributed by atoms with Crippen LogP contribution in [0, 0.1) is 0 Å². The van der Waals surface area contributed by atoms with Crippen molar-refractivity contribution >= 4 is 42.4 Å². The minimum absolute atomic E-state index is 0.218. The molecule has 4 rings (SSSR count). The van der Waals surface area contributed by atoms with E-state index >= 15 is 0 Å². The van der Waals surface area contributed by atoms with Crippen molar-refractivity contribution in [1.82, 2.24) is 9.88 Å². The summed E-state index contributed by atoms with van der Waals surface area (Å²) in [7, 11) is -0.336. The zero-order valence-electron chi connectivity index (χ0n) is 19.3. The van der Waals surface area contributed by atoms with Crippen molar-refractivity contribution in [1.29, 1.82) is 0 Å². The molecule has 0 unspecified atom stereocenters. The van der Waals surface area contributed by atoms with E-state index in [-0.39, 0.29) is 10.8 Å². The largest absolute Gasteiger partial charge is 0.493 e. The van der Waals surface area contributed by atoms with Gasteiger partial charge in [0.1, 0.15) is 0 Å². The minimum Gasteiger partial charge on any atom is -0.493 e. The van der Waals surface area contributed by atoms with Crippen LogP contribution in [0.1, 0.15) is 10.4 Å². The van der Waals surface area contributed by atoms with Gasteiger partial charge in [-0.05, 0) is 30.3 Å². The number of morpholine rings is 1. The van der Waals surface area contributed by atoms with Crippen molar-refractivity contribution in [2.24, 2.45) is 0 Å². The predicted octanol–water partition coefficient (Wildman–Crippen LogP) is 2.70. The summed E-state index contributed by atoms with van der Waals surface area (Å²) in [5, 5.41) is 0.490. The zero-order valence-corrected chi connectivity index (χ0v) is 20.9. The summed E-state index contributed by atoms with van der Waals surface area (Å²) in [6, 6.07) is 9.97. The van der Waals surface area contributed by atoms with E-state index < -0.39 is 9.84 Å². The first kappa shape index (κ1) is 24.4. The quantitative estimate of drug-likeness (QED) is 0.461. The van der Waals surface area contributed by atoms with Crippen LogP contribution in [0.5, 0.6) is 11.5 Å². The molecule has 0 aliphatic carbocycles. The van der Waals surface area contributed by atoms with Gasteiger partial charge in [0.2, 0.25) is 0 Å². The molecule has 0 saturated carbocycles. The van der Waals surface area contributed by atoms with Crippen molar-refractivity contribution in [2.75, 3.05) is 64.8 Å². The van der Waals surface area contributed by atoms with E-state index in [4.69, 9.17) is 14.2 Å². The molecule has 3 aromatic rings. The van der Waals surface area contributed by atoms with Crippen LogP contribution in [-0.2, 0) is 14.6 Å². The molecule has 0 radical (unpaired) electrons. The number of benzene rings is 2. The number of methoxy groups -OCH3 is 2. The monoisotopic (exact) mass is 505 g/mol. The summed E-state index contributed by atoms with van der Waals surface area (Å²) < 4.78 is 41.0. The molecular weight excluding hydrogens is 478 g/mol. The number of anilines is 1. The number of carbonyl (C=O) groups excluding carboxylic acids is 1. The Morgan fingerprint density at radius 2 is 1.94 bits per heavy atom. The number of sulfone groups is 1. The Hall–Kier alpha value is -2.73. The van der Waals surface area contributed by atoms with Crippen molar-refractivity contribution in [3.8, 4) is 11.5 Å². The van der Waals surface area contributed by atoms with Crippen LogP contribution in [0.2, 0.25) is 0 Å². The number of ether oxygens (including phenoxy) is 3. The van der Waals surface area contributed by atoms with E-state index in [1.807, 2.05) is 0 Å². The average Bonchev–Trinajstić information content (AvgIpc) is 3.26. The number of thiazole rings is 1. The molecule has 1 aliphatic heterocycles. The Labute approximate surface area is 202 Å². The normalized spacial score (nSPS) is 14.8. The number of carbonyl (C=O) groups is 1. The molecule has 1 aliphatic rings. The molecule has 1 fully saturated rings. The summed E-state index contributed by atoms with van der Waals surface area (Å²) >= 11 is 1.28. The minimum atomic E-state index is -3.36. The number of rotatable bonds is 8. The number of hydrogen-bond donors (Lipinski definition) is 0. The lowest BCUT2D eigenvalue weighted by atomic mass is 10.1. The van der Waals surface area contributed by atoms with Gasteiger partial charge < -0.3 is 14.2 Å². The summed E-state index contributed by atoms with van der Waals surface area (Å²) in [5.41, 5.74) is 0.995. The highest BCUT2D eigenvalue weighted by Gasteiger charge is 2.27. The molecule has 9 nitrogen and oxygen atoms in total. The molecule has 2 aromatic carbocycles. The summed E-state index contributed by atoms with van der Waals surface area (Å²) in [4.78, 5) is 22.5. The molecule has 0 N–H and O–H groups in total. The second-order valence-electron chi connectivity index (χ2n) is 7.85. The van der Waals surface area contributed by atoms with Crippen molar-refractivity contribution in [2.45, 2.75) is 4.90 Å². The highest BCUT2D eigenvalue weighted by Crippen LogP contribution is 2.35. The van der Waals surface area contributed by atoms with Gasteiger partial charge in [-0.15, -0.1) is 0 Å². The molecule has 1 aromatic heterocycles. The molecule has 2 heterocycles. The van der Waals surface area contributed by atoms with Gasteiger partial charge in [-0.1, -0.05) is 17.4 Å². The molecule has 0 bridgehead atoms. The molecule has 0 atom stereocenters. The fourth-order valence-electron chi connectivity index (χ4n) is 3.79. The van der Waals surface area contributed by atoms with Crippen LogP contribution in [0.15, 0.2) is 41.3 Å². The molecule has 1 amide bonds. The number of amides is 1. The summed E-state index contributed by atoms with van der Waals surface area (Å²) in [6.45, 7) is 3.95. The fourth-order valence-corrected chi connectivity index (χ4v) is 5.54. The zero-order chi connectivity index (χ0) is 24.3. The maximum Gasteiger partial charge on any atom is 0.264 e. The van der Waals surface area contributed by atoms with Crippen molar-refractivity contribution in [3.05, 3.63) is 42.0 Å². The van der Waals surface area contributed by atoms with E-state index in [2.05, 4.69) is 9.88 Å². The Balaban J connectivity index is 1.73. The first-order chi connectivity index (χ1) is 16.3. The molecule has 0 spiro atoms. The van der Waals surface area contributed by atoms with Crippen LogP contribution in [0.4, 0.5) is 5.13 Å². The lowest BCUT2D eigenvalue weighted by Gasteiger charge is -2.29. The Kier molecular flexibility index (Phi) is 7.36. The van der Waals surface area contributed by atoms with Crippen LogP contribution in [-0.4, -0.2) is 84.1 Å². The number of para-hydroxylation sites is 1. The van der Waals surface area contributed by atoms with Crippen LogP contribution < -0.4 is 14.4 Å². The SMILES string of the molecule is COc1cccc(C(=O)N(CCN2CCOCC2)c2nc3ccc(S(C)(=O)=O)cc3s2)c1OC. The Morgan fingerprint density at radius 3 is 2.62 bits per heavy atom. The van der Waals surface area contributed by atoms with Gasteiger partial charge in [-0.2, -0.15) is 0 Å². The number of nitrogens with zero attached hydrogens (tertiary/aromatic N) is 3. The van der Waals surface area contributed by atoms with Gasteiger partial charge in [0.25, 0.3) is 5.91 Å². The second-order valence-corrected chi connectivity index (χ2v) is 10.9. The van der Waals surface area contributed by atoms with Crippen LogP contribution in [0.3, 0.4) is 0 Å². The van der Waals surface area contributed by atoms with Gasteiger partial charge in [0.15, 0.2) is 26.5 Å². The van der Waals surface area contributed by atoms with E-state index in [9.17, 15) is 13.2 Å². The number of aromatic nitrogens is 1. The highest BCUT2D eigenvalue weighted by atomic mass is 32.2. The average molecular weight is 506 g/mol. The van der Waals surface area contributed by atoms with E-state index in [1.165, 1.54) is 37.9 Å². The number of hydrogen-bond acceptors (Lipinski definition) is 9. The number of fused-ring (bicyclic) bond motifs is 1. The summed E-state index contributed by atoms with van der Waals surface area (Å²) in [5.74, 6) is 0.543.